The number of alkyl carbamates (subject to hydrolysis) is 1. The number of pyridine rings is 1. The Balaban J connectivity index is 1.62. The molecule has 0 saturated heterocycles. The van der Waals surface area contributed by atoms with Crippen molar-refractivity contribution < 1.29 is 9.53 Å². The molecular weight excluding hydrogens is 342 g/mol. The van der Waals surface area contributed by atoms with Gasteiger partial charge < -0.3 is 15.4 Å². The van der Waals surface area contributed by atoms with E-state index in [-0.39, 0.29) is 12.1 Å². The summed E-state index contributed by atoms with van der Waals surface area (Å²) in [5.41, 5.74) is 2.64. The molecule has 1 aliphatic rings. The number of aryl methyl sites for hydroxylation is 2. The molecule has 0 bridgehead atoms. The van der Waals surface area contributed by atoms with Crippen molar-refractivity contribution in [1.29, 1.82) is 0 Å². The predicted molar refractivity (Wildman–Crippen MR) is 96.6 cm³/mol. The fourth-order valence-electron chi connectivity index (χ4n) is 3.01. The maximum atomic E-state index is 11.7. The highest BCUT2D eigenvalue weighted by atomic mass is 35.5. The first-order valence-electron chi connectivity index (χ1n) is 8.62. The monoisotopic (exact) mass is 365 g/mol. The molecule has 2 aromatic heterocycles. The Morgan fingerprint density at radius 2 is 2.28 bits per heavy atom. The lowest BCUT2D eigenvalue weighted by Crippen LogP contribution is -2.43. The van der Waals surface area contributed by atoms with Gasteiger partial charge in [0.15, 0.2) is 5.65 Å². The fraction of sp³-hybridized carbons (Fsp3) is 0.588. The zero-order valence-corrected chi connectivity index (χ0v) is 15.6. The molecule has 1 atom stereocenters. The molecule has 0 radical (unpaired) electrons. The van der Waals surface area contributed by atoms with E-state index >= 15 is 0 Å². The van der Waals surface area contributed by atoms with Crippen LogP contribution in [0.5, 0.6) is 0 Å². The minimum absolute atomic E-state index is 0.0784. The van der Waals surface area contributed by atoms with Gasteiger partial charge in [-0.05, 0) is 38.7 Å². The minimum atomic E-state index is -0.353. The summed E-state index contributed by atoms with van der Waals surface area (Å²) in [5.74, 6) is 0.522. The number of ether oxygens (including phenoxy) is 1. The Morgan fingerprint density at radius 3 is 2.96 bits per heavy atom. The summed E-state index contributed by atoms with van der Waals surface area (Å²) in [6.07, 6.45) is 1.93. The number of fused-ring (bicyclic) bond motifs is 1. The zero-order valence-electron chi connectivity index (χ0n) is 14.8. The molecular formula is C17H24ClN5O2. The SMILES string of the molecule is CCOC(=O)N[C@H](CNCc1cc2c(C)nn(C)c2nc1Cl)C1CC1. The average molecular weight is 366 g/mol. The van der Waals surface area contributed by atoms with E-state index in [4.69, 9.17) is 16.3 Å². The van der Waals surface area contributed by atoms with Crippen LogP contribution in [0.3, 0.4) is 0 Å². The maximum Gasteiger partial charge on any atom is 0.407 e. The Morgan fingerprint density at radius 1 is 1.52 bits per heavy atom. The highest BCUT2D eigenvalue weighted by Crippen LogP contribution is 2.32. The van der Waals surface area contributed by atoms with Crippen molar-refractivity contribution in [2.75, 3.05) is 13.2 Å². The van der Waals surface area contributed by atoms with E-state index < -0.39 is 0 Å². The standard InChI is InChI=1S/C17H24ClN5O2/c1-4-25-17(24)20-14(11-5-6-11)9-19-8-12-7-13-10(2)22-23(3)16(13)21-15(12)18/h7,11,14,19H,4-6,8-9H2,1-3H3,(H,20,24)/t14-/m1/s1. The van der Waals surface area contributed by atoms with E-state index in [0.717, 1.165) is 35.1 Å². The Labute approximate surface area is 152 Å². The third kappa shape index (κ3) is 4.22. The lowest BCUT2D eigenvalue weighted by molar-refractivity contribution is 0.146. The highest BCUT2D eigenvalue weighted by Gasteiger charge is 2.32. The number of halogens is 1. The number of rotatable bonds is 7. The predicted octanol–water partition coefficient (Wildman–Crippen LogP) is 2.54. The summed E-state index contributed by atoms with van der Waals surface area (Å²) >= 11 is 6.32. The van der Waals surface area contributed by atoms with E-state index in [2.05, 4.69) is 20.7 Å². The van der Waals surface area contributed by atoms with Gasteiger partial charge >= 0.3 is 6.09 Å². The van der Waals surface area contributed by atoms with Crippen molar-refractivity contribution in [2.45, 2.75) is 39.3 Å². The van der Waals surface area contributed by atoms with Crippen LogP contribution in [0.4, 0.5) is 4.79 Å². The Hall–Kier alpha value is -1.86. The smallest absolute Gasteiger partial charge is 0.407 e. The van der Waals surface area contributed by atoms with Gasteiger partial charge in [-0.15, -0.1) is 0 Å². The van der Waals surface area contributed by atoms with Crippen molar-refractivity contribution in [2.24, 2.45) is 13.0 Å². The van der Waals surface area contributed by atoms with Gasteiger partial charge in [-0.25, -0.2) is 9.78 Å². The largest absolute Gasteiger partial charge is 0.450 e. The average Bonchev–Trinajstić information content (AvgIpc) is 3.36. The second-order valence-corrected chi connectivity index (χ2v) is 6.82. The van der Waals surface area contributed by atoms with E-state index in [0.29, 0.717) is 30.8 Å². The molecule has 2 N–H and O–H groups in total. The van der Waals surface area contributed by atoms with Crippen molar-refractivity contribution in [3.05, 3.63) is 22.5 Å². The molecule has 0 spiro atoms. The van der Waals surface area contributed by atoms with Crippen LogP contribution in [-0.4, -0.2) is 40.1 Å². The highest BCUT2D eigenvalue weighted by molar-refractivity contribution is 6.30. The number of aromatic nitrogens is 3. The van der Waals surface area contributed by atoms with Crippen LogP contribution >= 0.6 is 11.6 Å². The van der Waals surface area contributed by atoms with Crippen LogP contribution in [-0.2, 0) is 18.3 Å². The Bertz CT molecular complexity index is 772. The summed E-state index contributed by atoms with van der Waals surface area (Å²) in [6.45, 7) is 5.40. The van der Waals surface area contributed by atoms with Gasteiger partial charge in [-0.3, -0.25) is 4.68 Å². The van der Waals surface area contributed by atoms with E-state index in [1.54, 1.807) is 11.6 Å². The molecule has 2 heterocycles. The molecule has 0 aromatic carbocycles. The fourth-order valence-corrected chi connectivity index (χ4v) is 3.21. The van der Waals surface area contributed by atoms with Crippen molar-refractivity contribution in [1.82, 2.24) is 25.4 Å². The molecule has 1 amide bonds. The topological polar surface area (TPSA) is 81.1 Å². The van der Waals surface area contributed by atoms with Gasteiger partial charge in [0.25, 0.3) is 0 Å². The first-order valence-corrected chi connectivity index (χ1v) is 9.00. The quantitative estimate of drug-likeness (QED) is 0.737. The van der Waals surface area contributed by atoms with Crippen LogP contribution in [0.25, 0.3) is 11.0 Å². The van der Waals surface area contributed by atoms with Crippen molar-refractivity contribution in [3.63, 3.8) is 0 Å². The number of nitrogens with zero attached hydrogens (tertiary/aromatic N) is 3. The summed E-state index contributed by atoms with van der Waals surface area (Å²) in [6, 6.07) is 2.11. The van der Waals surface area contributed by atoms with Gasteiger partial charge in [-0.1, -0.05) is 11.6 Å². The normalized spacial score (nSPS) is 15.4. The number of nitrogens with one attached hydrogen (secondary N) is 2. The molecule has 25 heavy (non-hydrogen) atoms. The third-order valence-electron chi connectivity index (χ3n) is 4.47. The molecule has 136 valence electrons. The first-order chi connectivity index (χ1) is 12.0. The summed E-state index contributed by atoms with van der Waals surface area (Å²) in [5, 5.41) is 12.2. The molecule has 8 heteroatoms. The molecule has 1 saturated carbocycles. The molecule has 0 unspecified atom stereocenters. The van der Waals surface area contributed by atoms with Crippen LogP contribution < -0.4 is 10.6 Å². The molecule has 3 rings (SSSR count). The second kappa shape index (κ2) is 7.58. The van der Waals surface area contributed by atoms with Crippen molar-refractivity contribution >= 4 is 28.7 Å². The van der Waals surface area contributed by atoms with E-state index in [1.165, 1.54) is 0 Å². The first kappa shape index (κ1) is 17.9. The van der Waals surface area contributed by atoms with Crippen molar-refractivity contribution in [3.8, 4) is 0 Å². The van der Waals surface area contributed by atoms with Crippen LogP contribution in [0.2, 0.25) is 5.15 Å². The molecule has 1 aliphatic carbocycles. The number of hydrogen-bond acceptors (Lipinski definition) is 5. The van der Waals surface area contributed by atoms with Gasteiger partial charge in [0.05, 0.1) is 12.3 Å². The zero-order chi connectivity index (χ0) is 18.0. The van der Waals surface area contributed by atoms with Gasteiger partial charge in [0, 0.05) is 37.1 Å². The lowest BCUT2D eigenvalue weighted by atomic mass is 10.1. The summed E-state index contributed by atoms with van der Waals surface area (Å²) in [4.78, 5) is 16.1. The van der Waals surface area contributed by atoms with Gasteiger partial charge in [0.2, 0.25) is 0 Å². The molecule has 2 aromatic rings. The van der Waals surface area contributed by atoms with E-state index in [9.17, 15) is 4.79 Å². The molecule has 1 fully saturated rings. The second-order valence-electron chi connectivity index (χ2n) is 6.46. The lowest BCUT2D eigenvalue weighted by Gasteiger charge is -2.18. The number of carbonyl (C=O) groups excluding carboxylic acids is 1. The van der Waals surface area contributed by atoms with Gasteiger partial charge in [-0.2, -0.15) is 5.10 Å². The molecule has 0 aliphatic heterocycles. The van der Waals surface area contributed by atoms with E-state index in [1.807, 2.05) is 20.0 Å². The van der Waals surface area contributed by atoms with Crippen LogP contribution in [0.1, 0.15) is 31.0 Å². The number of hydrogen-bond donors (Lipinski definition) is 2. The van der Waals surface area contributed by atoms with Crippen LogP contribution in [0, 0.1) is 12.8 Å². The maximum absolute atomic E-state index is 11.7. The molecule has 7 nitrogen and oxygen atoms in total. The number of carbonyl (C=O) groups is 1. The summed E-state index contributed by atoms with van der Waals surface area (Å²) < 4.78 is 6.72. The Kier molecular flexibility index (Phi) is 5.44. The summed E-state index contributed by atoms with van der Waals surface area (Å²) in [7, 11) is 1.86. The third-order valence-corrected chi connectivity index (χ3v) is 4.80. The minimum Gasteiger partial charge on any atom is -0.450 e. The van der Waals surface area contributed by atoms with Crippen LogP contribution in [0.15, 0.2) is 6.07 Å². The van der Waals surface area contributed by atoms with Gasteiger partial charge in [0.1, 0.15) is 5.15 Å². The number of amides is 1.